The van der Waals surface area contributed by atoms with Gasteiger partial charge in [-0.1, -0.05) is 31.5 Å². The lowest BCUT2D eigenvalue weighted by Gasteiger charge is -2.19. The summed E-state index contributed by atoms with van der Waals surface area (Å²) in [5, 5.41) is 0.346. The molecule has 0 aliphatic rings. The molecule has 1 aromatic heterocycles. The van der Waals surface area contributed by atoms with E-state index in [9.17, 15) is 0 Å². The van der Waals surface area contributed by atoms with Gasteiger partial charge >= 0.3 is 0 Å². The van der Waals surface area contributed by atoms with Crippen molar-refractivity contribution in [3.8, 4) is 11.6 Å². The lowest BCUT2D eigenvalue weighted by Crippen LogP contribution is -2.29. The molecule has 0 saturated heterocycles. The minimum Gasteiger partial charge on any atom is -0.481 e. The number of pyridine rings is 1. The highest BCUT2D eigenvalue weighted by atomic mass is 32.1. The summed E-state index contributed by atoms with van der Waals surface area (Å²) < 4.78 is 10.9. The number of thiocarbonyl (C=S) groups is 1. The Morgan fingerprint density at radius 1 is 1.22 bits per heavy atom. The van der Waals surface area contributed by atoms with Gasteiger partial charge in [0.15, 0.2) is 0 Å². The molecule has 5 heteroatoms. The molecule has 0 unspecified atom stereocenters. The van der Waals surface area contributed by atoms with Crippen molar-refractivity contribution in [1.82, 2.24) is 4.98 Å². The van der Waals surface area contributed by atoms with E-state index in [4.69, 9.17) is 21.7 Å². The average Bonchev–Trinajstić information content (AvgIpc) is 2.59. The van der Waals surface area contributed by atoms with Crippen LogP contribution in [0.3, 0.4) is 0 Å². The third-order valence-electron chi connectivity index (χ3n) is 3.46. The molecule has 23 heavy (non-hydrogen) atoms. The second kappa shape index (κ2) is 8.48. The molecule has 1 heterocycles. The first-order valence-corrected chi connectivity index (χ1v) is 8.10. The quantitative estimate of drug-likeness (QED) is 0.740. The monoisotopic (exact) mass is 330 g/mol. The maximum absolute atomic E-state index is 5.80. The topological polar surface area (TPSA) is 34.6 Å². The molecule has 2 aromatic rings. The molecule has 0 saturated carbocycles. The van der Waals surface area contributed by atoms with Crippen LogP contribution in [-0.4, -0.2) is 24.3 Å². The van der Waals surface area contributed by atoms with Crippen molar-refractivity contribution in [2.75, 3.05) is 19.1 Å². The van der Waals surface area contributed by atoms with E-state index in [0.29, 0.717) is 16.9 Å². The molecule has 0 fully saturated rings. The molecule has 122 valence electrons. The lowest BCUT2D eigenvalue weighted by molar-refractivity contribution is 0.398. The van der Waals surface area contributed by atoms with Gasteiger partial charge in [-0.25, -0.2) is 0 Å². The summed E-state index contributed by atoms with van der Waals surface area (Å²) >= 11 is 5.37. The van der Waals surface area contributed by atoms with Crippen molar-refractivity contribution in [2.45, 2.75) is 26.2 Å². The number of ether oxygens (including phenoxy) is 2. The number of aryl methyl sites for hydroxylation is 1. The second-order valence-electron chi connectivity index (χ2n) is 5.22. The first-order chi connectivity index (χ1) is 11.1. The van der Waals surface area contributed by atoms with Crippen LogP contribution < -0.4 is 14.4 Å². The van der Waals surface area contributed by atoms with Crippen molar-refractivity contribution >= 4 is 23.2 Å². The fraction of sp³-hybridized carbons (Fsp3) is 0.333. The van der Waals surface area contributed by atoms with Crippen LogP contribution in [0.1, 0.15) is 25.3 Å². The van der Waals surface area contributed by atoms with Gasteiger partial charge in [-0.15, -0.1) is 0 Å². The zero-order chi connectivity index (χ0) is 16.7. The largest absolute Gasteiger partial charge is 0.481 e. The Labute approximate surface area is 143 Å². The molecule has 0 atom stereocenters. The van der Waals surface area contributed by atoms with Gasteiger partial charge < -0.3 is 9.47 Å². The van der Waals surface area contributed by atoms with Crippen LogP contribution >= 0.6 is 12.2 Å². The summed E-state index contributed by atoms with van der Waals surface area (Å²) in [7, 11) is 3.41. The normalized spacial score (nSPS) is 10.2. The summed E-state index contributed by atoms with van der Waals surface area (Å²) in [6.45, 7) is 2.19. The number of unbranched alkanes of at least 4 members (excludes halogenated alkanes) is 1. The van der Waals surface area contributed by atoms with E-state index in [1.807, 2.05) is 37.4 Å². The molecule has 2 rings (SSSR count). The summed E-state index contributed by atoms with van der Waals surface area (Å²) in [4.78, 5) is 6.07. The highest BCUT2D eigenvalue weighted by Gasteiger charge is 2.11. The summed E-state index contributed by atoms with van der Waals surface area (Å²) in [6, 6.07) is 13.6. The number of methoxy groups -OCH3 is 1. The number of rotatable bonds is 6. The third-order valence-corrected chi connectivity index (χ3v) is 3.82. The van der Waals surface area contributed by atoms with E-state index < -0.39 is 0 Å². The van der Waals surface area contributed by atoms with Crippen LogP contribution in [-0.2, 0) is 6.42 Å². The van der Waals surface area contributed by atoms with Gasteiger partial charge in [0, 0.05) is 13.1 Å². The lowest BCUT2D eigenvalue weighted by atomic mass is 10.1. The summed E-state index contributed by atoms with van der Waals surface area (Å²) in [5.41, 5.74) is 1.26. The van der Waals surface area contributed by atoms with Crippen molar-refractivity contribution in [3.05, 3.63) is 48.0 Å². The maximum Gasteiger partial charge on any atom is 0.270 e. The van der Waals surface area contributed by atoms with E-state index in [-0.39, 0.29) is 0 Å². The van der Waals surface area contributed by atoms with Gasteiger partial charge in [-0.05, 0) is 48.8 Å². The Morgan fingerprint density at radius 3 is 2.74 bits per heavy atom. The standard InChI is InChI=1S/C18H22N2O2S/c1-4-5-8-14-9-6-10-15(13-14)22-18(23)20(2)16-11-7-12-17(19-16)21-3/h6-7,9-13H,4-5,8H2,1-3H3. The molecule has 4 nitrogen and oxygen atoms in total. The molecule has 1 aromatic carbocycles. The predicted octanol–water partition coefficient (Wildman–Crippen LogP) is 4.23. The van der Waals surface area contributed by atoms with Crippen molar-refractivity contribution in [1.29, 1.82) is 0 Å². The number of hydrogen-bond acceptors (Lipinski definition) is 4. The SMILES string of the molecule is CCCCc1cccc(OC(=S)N(C)c2cccc(OC)n2)c1. The molecule has 0 amide bonds. The number of aromatic nitrogens is 1. The smallest absolute Gasteiger partial charge is 0.270 e. The maximum atomic E-state index is 5.80. The Hall–Kier alpha value is -2.14. The molecule has 0 spiro atoms. The van der Waals surface area contributed by atoms with E-state index in [0.717, 1.165) is 12.2 Å². The number of hydrogen-bond donors (Lipinski definition) is 0. The number of anilines is 1. The van der Waals surface area contributed by atoms with Crippen LogP contribution in [0.5, 0.6) is 11.6 Å². The van der Waals surface area contributed by atoms with Crippen molar-refractivity contribution < 1.29 is 9.47 Å². The second-order valence-corrected chi connectivity index (χ2v) is 5.57. The van der Waals surface area contributed by atoms with Crippen molar-refractivity contribution in [2.24, 2.45) is 0 Å². The zero-order valence-corrected chi connectivity index (χ0v) is 14.6. The van der Waals surface area contributed by atoms with E-state index >= 15 is 0 Å². The van der Waals surface area contributed by atoms with Gasteiger partial charge in [-0.2, -0.15) is 4.98 Å². The molecule has 0 bridgehead atoms. The van der Waals surface area contributed by atoms with E-state index in [2.05, 4.69) is 18.0 Å². The summed E-state index contributed by atoms with van der Waals surface area (Å²) in [5.74, 6) is 1.97. The molecule has 0 aliphatic heterocycles. The predicted molar refractivity (Wildman–Crippen MR) is 97.5 cm³/mol. The first-order valence-electron chi connectivity index (χ1n) is 7.69. The first kappa shape index (κ1) is 17.2. The van der Waals surface area contributed by atoms with Gasteiger partial charge in [0.1, 0.15) is 11.6 Å². The minimum absolute atomic E-state index is 0.346. The van der Waals surface area contributed by atoms with Gasteiger partial charge in [0.05, 0.1) is 7.11 Å². The third kappa shape index (κ3) is 4.93. The van der Waals surface area contributed by atoms with Crippen LogP contribution in [0.4, 0.5) is 5.82 Å². The van der Waals surface area contributed by atoms with E-state index in [1.165, 1.54) is 18.4 Å². The highest BCUT2D eigenvalue weighted by Crippen LogP contribution is 2.19. The highest BCUT2D eigenvalue weighted by molar-refractivity contribution is 7.80. The number of benzene rings is 1. The van der Waals surface area contributed by atoms with Gasteiger partial charge in [-0.3, -0.25) is 4.90 Å². The Balaban J connectivity index is 2.05. The number of nitrogens with zero attached hydrogens (tertiary/aromatic N) is 2. The minimum atomic E-state index is 0.346. The van der Waals surface area contributed by atoms with Crippen molar-refractivity contribution in [3.63, 3.8) is 0 Å². The molecular formula is C18H22N2O2S. The molecular weight excluding hydrogens is 308 g/mol. The van der Waals surface area contributed by atoms with E-state index in [1.54, 1.807) is 18.1 Å². The molecule has 0 radical (unpaired) electrons. The van der Waals surface area contributed by atoms with Gasteiger partial charge in [0.2, 0.25) is 5.88 Å². The Bertz CT molecular complexity index is 661. The molecule has 0 aliphatic carbocycles. The zero-order valence-electron chi connectivity index (χ0n) is 13.8. The molecule has 0 N–H and O–H groups in total. The van der Waals surface area contributed by atoms with Crippen LogP contribution in [0.2, 0.25) is 0 Å². The summed E-state index contributed by atoms with van der Waals surface area (Å²) in [6.07, 6.45) is 3.39. The Morgan fingerprint density at radius 2 is 2.00 bits per heavy atom. The Kier molecular flexibility index (Phi) is 6.35. The van der Waals surface area contributed by atoms with Crippen LogP contribution in [0.15, 0.2) is 42.5 Å². The van der Waals surface area contributed by atoms with Crippen LogP contribution in [0.25, 0.3) is 0 Å². The van der Waals surface area contributed by atoms with Gasteiger partial charge in [0.25, 0.3) is 5.17 Å². The fourth-order valence-corrected chi connectivity index (χ4v) is 2.30. The fourth-order valence-electron chi connectivity index (χ4n) is 2.11. The van der Waals surface area contributed by atoms with Crippen LogP contribution in [0, 0.1) is 0 Å². The average molecular weight is 330 g/mol.